The van der Waals surface area contributed by atoms with Crippen LogP contribution in [-0.4, -0.2) is 10.6 Å². The summed E-state index contributed by atoms with van der Waals surface area (Å²) in [5.74, 6) is 0.796. The largest absolute Gasteiger partial charge is 0.416 e. The molecule has 1 aromatic rings. The molecule has 0 heterocycles. The minimum atomic E-state index is -4.62. The van der Waals surface area contributed by atoms with Crippen LogP contribution in [-0.2, 0) is 6.18 Å². The Morgan fingerprint density at radius 3 is 2.77 bits per heavy atom. The second-order valence-electron chi connectivity index (χ2n) is 5.36. The summed E-state index contributed by atoms with van der Waals surface area (Å²) in [5.41, 5.74) is 1.66. The number of hydrogen-bond acceptors (Lipinski definition) is 4. The lowest BCUT2D eigenvalue weighted by atomic mass is 9.74. The van der Waals surface area contributed by atoms with Gasteiger partial charge in [-0.25, -0.2) is 0 Å². The van der Waals surface area contributed by atoms with Gasteiger partial charge in [0.2, 0.25) is 0 Å². The Hall–Kier alpha value is -2.38. The molecule has 116 valence electrons. The number of allylic oxidation sites excluding steroid dienone is 2. The normalized spacial score (nSPS) is 25.0. The highest BCUT2D eigenvalue weighted by atomic mass is 19.4. The van der Waals surface area contributed by atoms with Crippen LogP contribution in [0.25, 0.3) is 0 Å². The molecule has 0 aromatic heterocycles. The van der Waals surface area contributed by atoms with Crippen molar-refractivity contribution < 1.29 is 18.1 Å². The van der Waals surface area contributed by atoms with Gasteiger partial charge in [0.05, 0.1) is 10.5 Å². The maximum absolute atomic E-state index is 12.6. The number of hydrogen-bond donors (Lipinski definition) is 1. The number of alkyl halides is 3. The van der Waals surface area contributed by atoms with Gasteiger partial charge in [0.15, 0.2) is 0 Å². The monoisotopic (exact) mass is 311 g/mol. The minimum absolute atomic E-state index is 0.0454. The molecule has 0 spiro atoms. The van der Waals surface area contributed by atoms with Crippen molar-refractivity contribution >= 4 is 17.1 Å². The van der Waals surface area contributed by atoms with Gasteiger partial charge >= 0.3 is 6.18 Å². The predicted octanol–water partition coefficient (Wildman–Crippen LogP) is 3.98. The van der Waals surface area contributed by atoms with Crippen LogP contribution in [0.3, 0.4) is 0 Å². The third-order valence-electron chi connectivity index (χ3n) is 3.99. The third-order valence-corrected chi connectivity index (χ3v) is 3.99. The Morgan fingerprint density at radius 2 is 2.14 bits per heavy atom. The summed E-state index contributed by atoms with van der Waals surface area (Å²) < 4.78 is 37.8. The Labute approximate surface area is 123 Å². The van der Waals surface area contributed by atoms with Gasteiger partial charge in [-0.2, -0.15) is 18.3 Å². The number of halogens is 3. The van der Waals surface area contributed by atoms with Crippen LogP contribution >= 0.6 is 0 Å². The molecule has 0 bridgehead atoms. The molecule has 22 heavy (non-hydrogen) atoms. The Morgan fingerprint density at radius 1 is 1.36 bits per heavy atom. The van der Waals surface area contributed by atoms with Crippen LogP contribution < -0.4 is 5.43 Å². The molecule has 1 N–H and O–H groups in total. The van der Waals surface area contributed by atoms with Crippen molar-refractivity contribution in [1.82, 2.24) is 0 Å². The molecule has 1 aromatic carbocycles. The molecule has 2 atom stereocenters. The van der Waals surface area contributed by atoms with E-state index in [1.165, 1.54) is 0 Å². The average molecular weight is 311 g/mol. The van der Waals surface area contributed by atoms with Gasteiger partial charge in [0.1, 0.15) is 5.69 Å². The SMILES string of the molecule is O=[N+]([O-])c1cc(C(F)(F)F)ccc1N/N=C1/C[C@@H]2CC=C[C@H]12. The van der Waals surface area contributed by atoms with Gasteiger partial charge in [-0.15, -0.1) is 0 Å². The Balaban J connectivity index is 1.83. The molecule has 3 rings (SSSR count). The summed E-state index contributed by atoms with van der Waals surface area (Å²) in [6.45, 7) is 0. The lowest BCUT2D eigenvalue weighted by Crippen LogP contribution is -2.33. The zero-order valence-corrected chi connectivity index (χ0v) is 11.3. The third kappa shape index (κ3) is 2.56. The number of fused-ring (bicyclic) bond motifs is 1. The van der Waals surface area contributed by atoms with E-state index in [1.807, 2.05) is 6.08 Å². The van der Waals surface area contributed by atoms with E-state index >= 15 is 0 Å². The molecule has 2 aliphatic carbocycles. The minimum Gasteiger partial charge on any atom is -0.272 e. The Kier molecular flexibility index (Phi) is 3.38. The first kappa shape index (κ1) is 14.6. The first-order valence-electron chi connectivity index (χ1n) is 6.71. The van der Waals surface area contributed by atoms with E-state index in [1.54, 1.807) is 0 Å². The van der Waals surface area contributed by atoms with E-state index in [9.17, 15) is 23.3 Å². The van der Waals surface area contributed by atoms with Gasteiger partial charge in [-0.05, 0) is 30.9 Å². The van der Waals surface area contributed by atoms with Gasteiger partial charge in [-0.1, -0.05) is 12.2 Å². The van der Waals surface area contributed by atoms with Gasteiger partial charge in [-0.3, -0.25) is 15.5 Å². The van der Waals surface area contributed by atoms with E-state index in [0.29, 0.717) is 12.0 Å². The molecule has 0 aliphatic heterocycles. The first-order valence-corrected chi connectivity index (χ1v) is 6.71. The number of nitrogens with one attached hydrogen (secondary N) is 1. The first-order chi connectivity index (χ1) is 10.4. The molecule has 0 saturated heterocycles. The zero-order valence-electron chi connectivity index (χ0n) is 11.3. The van der Waals surface area contributed by atoms with Crippen LogP contribution in [0.4, 0.5) is 24.5 Å². The second kappa shape index (κ2) is 5.11. The fraction of sp³-hybridized carbons (Fsp3) is 0.357. The molecule has 0 radical (unpaired) electrons. The number of rotatable bonds is 3. The van der Waals surface area contributed by atoms with Crippen molar-refractivity contribution in [1.29, 1.82) is 0 Å². The van der Waals surface area contributed by atoms with Crippen molar-refractivity contribution in [2.24, 2.45) is 16.9 Å². The molecule has 0 amide bonds. The average Bonchev–Trinajstić information content (AvgIpc) is 2.79. The van der Waals surface area contributed by atoms with Crippen LogP contribution in [0.1, 0.15) is 18.4 Å². The van der Waals surface area contributed by atoms with Crippen molar-refractivity contribution in [2.75, 3.05) is 5.43 Å². The van der Waals surface area contributed by atoms with E-state index in [0.717, 1.165) is 30.7 Å². The molecular weight excluding hydrogens is 299 g/mol. The predicted molar refractivity (Wildman–Crippen MR) is 74.5 cm³/mol. The highest BCUT2D eigenvalue weighted by molar-refractivity contribution is 5.95. The topological polar surface area (TPSA) is 67.5 Å². The number of nitrogens with zero attached hydrogens (tertiary/aromatic N) is 2. The lowest BCUT2D eigenvalue weighted by molar-refractivity contribution is -0.384. The van der Waals surface area contributed by atoms with Crippen LogP contribution in [0.5, 0.6) is 0 Å². The van der Waals surface area contributed by atoms with Gasteiger partial charge < -0.3 is 0 Å². The van der Waals surface area contributed by atoms with Gasteiger partial charge in [0.25, 0.3) is 5.69 Å². The number of nitro benzene ring substituents is 1. The molecule has 0 unspecified atom stereocenters. The van der Waals surface area contributed by atoms with Crippen molar-refractivity contribution in [3.8, 4) is 0 Å². The molecule has 8 heteroatoms. The summed E-state index contributed by atoms with van der Waals surface area (Å²) in [7, 11) is 0. The maximum atomic E-state index is 12.6. The summed E-state index contributed by atoms with van der Waals surface area (Å²) in [6.07, 6.45) is 1.29. The zero-order chi connectivity index (χ0) is 15.9. The Bertz CT molecular complexity index is 682. The van der Waals surface area contributed by atoms with Crippen molar-refractivity contribution in [2.45, 2.75) is 19.0 Å². The van der Waals surface area contributed by atoms with Crippen LogP contribution in [0.2, 0.25) is 0 Å². The molecule has 1 saturated carbocycles. The fourth-order valence-corrected chi connectivity index (χ4v) is 2.75. The summed E-state index contributed by atoms with van der Waals surface area (Å²) >= 11 is 0. The number of benzene rings is 1. The highest BCUT2D eigenvalue weighted by Crippen LogP contribution is 2.41. The number of nitro groups is 1. The van der Waals surface area contributed by atoms with Crippen LogP contribution in [0, 0.1) is 22.0 Å². The van der Waals surface area contributed by atoms with Crippen molar-refractivity contribution in [3.63, 3.8) is 0 Å². The van der Waals surface area contributed by atoms with Crippen molar-refractivity contribution in [3.05, 3.63) is 46.0 Å². The van der Waals surface area contributed by atoms with Crippen LogP contribution in [0.15, 0.2) is 35.5 Å². The molecule has 5 nitrogen and oxygen atoms in total. The molecule has 1 fully saturated rings. The summed E-state index contributed by atoms with van der Waals surface area (Å²) in [5, 5.41) is 15.1. The van der Waals surface area contributed by atoms with E-state index in [2.05, 4.69) is 16.6 Å². The van der Waals surface area contributed by atoms with E-state index in [-0.39, 0.29) is 11.6 Å². The number of hydrazone groups is 1. The fourth-order valence-electron chi connectivity index (χ4n) is 2.75. The highest BCUT2D eigenvalue weighted by Gasteiger charge is 2.38. The molecular formula is C14H12F3N3O2. The molecule has 2 aliphatic rings. The quantitative estimate of drug-likeness (QED) is 0.521. The van der Waals surface area contributed by atoms with E-state index < -0.39 is 22.4 Å². The summed E-state index contributed by atoms with van der Waals surface area (Å²) in [6, 6.07) is 2.35. The van der Waals surface area contributed by atoms with Gasteiger partial charge in [0, 0.05) is 17.7 Å². The standard InChI is InChI=1S/C14H12F3N3O2/c15-14(16,17)9-4-5-11(13(7-9)20(21)22)18-19-12-6-8-2-1-3-10(8)12/h1,3-5,7-8,10,18H,2,6H2/b19-12-/t8-,10-/m0/s1. The second-order valence-corrected chi connectivity index (χ2v) is 5.36. The van der Waals surface area contributed by atoms with E-state index in [4.69, 9.17) is 0 Å². The maximum Gasteiger partial charge on any atom is 0.416 e. The smallest absolute Gasteiger partial charge is 0.272 e. The summed E-state index contributed by atoms with van der Waals surface area (Å²) in [4.78, 5) is 10.1. The lowest BCUT2D eigenvalue weighted by Gasteiger charge is -2.31. The number of anilines is 1.